The van der Waals surface area contributed by atoms with Crippen molar-refractivity contribution in [1.82, 2.24) is 4.57 Å². The number of aromatic nitrogens is 1. The third kappa shape index (κ3) is 1.62. The highest BCUT2D eigenvalue weighted by atomic mass is 16.3. The van der Waals surface area contributed by atoms with E-state index in [0.717, 1.165) is 34.8 Å². The molecule has 3 heteroatoms. The Bertz CT molecular complexity index is 775. The minimum atomic E-state index is 0.164. The summed E-state index contributed by atoms with van der Waals surface area (Å²) in [4.78, 5) is 12.9. The first-order valence-electron chi connectivity index (χ1n) is 7.37. The van der Waals surface area contributed by atoms with Crippen LogP contribution in [0.5, 0.6) is 0 Å². The molecule has 1 aromatic carbocycles. The molecule has 0 saturated heterocycles. The Morgan fingerprint density at radius 1 is 1.05 bits per heavy atom. The first-order valence-corrected chi connectivity index (χ1v) is 7.37. The number of rotatable bonds is 1. The van der Waals surface area contributed by atoms with Gasteiger partial charge in [0, 0.05) is 17.4 Å². The quantitative estimate of drug-likeness (QED) is 0.645. The predicted molar refractivity (Wildman–Crippen MR) is 78.9 cm³/mol. The third-order valence-corrected chi connectivity index (χ3v) is 4.45. The van der Waals surface area contributed by atoms with E-state index < -0.39 is 0 Å². The van der Waals surface area contributed by atoms with Gasteiger partial charge in [0.1, 0.15) is 0 Å². The fourth-order valence-corrected chi connectivity index (χ4v) is 3.44. The monoisotopic (exact) mass is 267 g/mol. The lowest BCUT2D eigenvalue weighted by atomic mass is 9.88. The summed E-state index contributed by atoms with van der Waals surface area (Å²) in [5.41, 5.74) is 2.70. The molecule has 2 heterocycles. The number of benzene rings is 1. The molecule has 3 aromatic rings. The molecule has 0 amide bonds. The van der Waals surface area contributed by atoms with Gasteiger partial charge in [-0.05, 0) is 25.0 Å². The van der Waals surface area contributed by atoms with Crippen molar-refractivity contribution in [3.05, 3.63) is 36.6 Å². The predicted octanol–water partition coefficient (Wildman–Crippen LogP) is 4.61. The van der Waals surface area contributed by atoms with E-state index in [1.165, 1.54) is 19.3 Å². The summed E-state index contributed by atoms with van der Waals surface area (Å²) in [5, 5.41) is 1.02. The van der Waals surface area contributed by atoms with E-state index in [1.807, 2.05) is 34.9 Å². The number of carbonyl (C=O) groups excluding carboxylic acids is 1. The maximum atomic E-state index is 12.9. The summed E-state index contributed by atoms with van der Waals surface area (Å²) < 4.78 is 7.44. The summed E-state index contributed by atoms with van der Waals surface area (Å²) in [6, 6.07) is 9.89. The normalized spacial score (nSPS) is 17.0. The van der Waals surface area contributed by atoms with Crippen LogP contribution in [-0.4, -0.2) is 10.5 Å². The zero-order chi connectivity index (χ0) is 13.5. The second-order valence-electron chi connectivity index (χ2n) is 5.66. The van der Waals surface area contributed by atoms with E-state index >= 15 is 0 Å². The van der Waals surface area contributed by atoms with Crippen LogP contribution in [0.1, 0.15) is 36.9 Å². The van der Waals surface area contributed by atoms with E-state index in [4.69, 9.17) is 4.42 Å². The SMILES string of the molecule is O=C(C1CCCCC1)n1c2ccccc2c2occc21. The van der Waals surface area contributed by atoms with Crippen LogP contribution in [0, 0.1) is 5.92 Å². The second kappa shape index (κ2) is 4.51. The minimum absolute atomic E-state index is 0.164. The van der Waals surface area contributed by atoms with Crippen LogP contribution in [0.25, 0.3) is 22.0 Å². The second-order valence-corrected chi connectivity index (χ2v) is 5.66. The molecule has 1 aliphatic carbocycles. The molecule has 2 aromatic heterocycles. The van der Waals surface area contributed by atoms with Gasteiger partial charge in [-0.2, -0.15) is 0 Å². The van der Waals surface area contributed by atoms with Gasteiger partial charge < -0.3 is 4.42 Å². The van der Waals surface area contributed by atoms with Gasteiger partial charge in [-0.3, -0.25) is 9.36 Å². The Morgan fingerprint density at radius 2 is 1.85 bits per heavy atom. The third-order valence-electron chi connectivity index (χ3n) is 4.45. The molecule has 0 atom stereocenters. The Hall–Kier alpha value is -2.03. The van der Waals surface area contributed by atoms with Gasteiger partial charge >= 0.3 is 0 Å². The van der Waals surface area contributed by atoms with Crippen LogP contribution in [0.4, 0.5) is 0 Å². The van der Waals surface area contributed by atoms with E-state index in [9.17, 15) is 4.79 Å². The fraction of sp³-hybridized carbons (Fsp3) is 0.353. The molecule has 0 radical (unpaired) electrons. The Balaban J connectivity index is 1.91. The van der Waals surface area contributed by atoms with Crippen molar-refractivity contribution >= 4 is 27.9 Å². The van der Waals surface area contributed by atoms with E-state index in [1.54, 1.807) is 6.26 Å². The zero-order valence-corrected chi connectivity index (χ0v) is 11.3. The molecular formula is C17H17NO2. The first-order chi connectivity index (χ1) is 9.86. The van der Waals surface area contributed by atoms with Crippen molar-refractivity contribution in [3.8, 4) is 0 Å². The smallest absolute Gasteiger partial charge is 0.234 e. The maximum absolute atomic E-state index is 12.9. The van der Waals surface area contributed by atoms with Crippen molar-refractivity contribution in [3.63, 3.8) is 0 Å². The van der Waals surface area contributed by atoms with Crippen molar-refractivity contribution in [1.29, 1.82) is 0 Å². The number of fused-ring (bicyclic) bond motifs is 3. The van der Waals surface area contributed by atoms with E-state index in [0.29, 0.717) is 0 Å². The molecule has 3 nitrogen and oxygen atoms in total. The number of hydrogen-bond acceptors (Lipinski definition) is 2. The van der Waals surface area contributed by atoms with Gasteiger partial charge in [-0.25, -0.2) is 0 Å². The Labute approximate surface area is 117 Å². The van der Waals surface area contributed by atoms with Crippen LogP contribution in [0.2, 0.25) is 0 Å². The molecule has 0 aliphatic heterocycles. The highest BCUT2D eigenvalue weighted by Crippen LogP contribution is 2.33. The molecule has 102 valence electrons. The average molecular weight is 267 g/mol. The molecule has 0 bridgehead atoms. The molecule has 1 aliphatic rings. The van der Waals surface area contributed by atoms with Crippen LogP contribution < -0.4 is 0 Å². The van der Waals surface area contributed by atoms with Gasteiger partial charge in [0.2, 0.25) is 5.91 Å². The molecule has 1 saturated carbocycles. The van der Waals surface area contributed by atoms with Crippen LogP contribution in [0.15, 0.2) is 41.0 Å². The Kier molecular flexibility index (Phi) is 2.66. The average Bonchev–Trinajstić information content (AvgIpc) is 3.08. The van der Waals surface area contributed by atoms with Crippen LogP contribution >= 0.6 is 0 Å². The molecule has 1 fully saturated rings. The van der Waals surface area contributed by atoms with Gasteiger partial charge in [0.25, 0.3) is 0 Å². The first kappa shape index (κ1) is 11.8. The standard InChI is InChI=1S/C17H17NO2/c19-17(12-6-2-1-3-7-12)18-14-9-5-4-8-13(14)16-15(18)10-11-20-16/h4-5,8-12H,1-3,6-7H2. The topological polar surface area (TPSA) is 35.1 Å². The number of furan rings is 1. The summed E-state index contributed by atoms with van der Waals surface area (Å²) in [7, 11) is 0. The van der Waals surface area contributed by atoms with Crippen molar-refractivity contribution in [2.24, 2.45) is 5.92 Å². The lowest BCUT2D eigenvalue weighted by Gasteiger charge is -2.21. The highest BCUT2D eigenvalue weighted by Gasteiger charge is 2.26. The molecule has 0 unspecified atom stereocenters. The lowest BCUT2D eigenvalue weighted by molar-refractivity contribution is 0.0812. The molecule has 4 rings (SSSR count). The molecule has 0 N–H and O–H groups in total. The molecule has 0 spiro atoms. The number of para-hydroxylation sites is 1. The van der Waals surface area contributed by atoms with Crippen molar-refractivity contribution < 1.29 is 9.21 Å². The van der Waals surface area contributed by atoms with Crippen LogP contribution in [-0.2, 0) is 0 Å². The lowest BCUT2D eigenvalue weighted by Crippen LogP contribution is -2.23. The zero-order valence-electron chi connectivity index (χ0n) is 11.3. The number of carbonyl (C=O) groups is 1. The van der Waals surface area contributed by atoms with Crippen LogP contribution in [0.3, 0.4) is 0 Å². The Morgan fingerprint density at radius 3 is 2.70 bits per heavy atom. The summed E-state index contributed by atoms with van der Waals surface area (Å²) in [5.74, 6) is 0.398. The van der Waals surface area contributed by atoms with Crippen molar-refractivity contribution in [2.45, 2.75) is 32.1 Å². The number of nitrogens with zero attached hydrogens (tertiary/aromatic N) is 1. The fourth-order valence-electron chi connectivity index (χ4n) is 3.44. The summed E-state index contributed by atoms with van der Waals surface area (Å²) >= 11 is 0. The highest BCUT2D eigenvalue weighted by molar-refractivity contribution is 6.11. The number of hydrogen-bond donors (Lipinski definition) is 0. The van der Waals surface area contributed by atoms with Gasteiger partial charge in [-0.15, -0.1) is 0 Å². The molecular weight excluding hydrogens is 250 g/mol. The summed E-state index contributed by atoms with van der Waals surface area (Å²) in [6.45, 7) is 0. The van der Waals surface area contributed by atoms with E-state index in [2.05, 4.69) is 0 Å². The molecule has 20 heavy (non-hydrogen) atoms. The summed E-state index contributed by atoms with van der Waals surface area (Å²) in [6.07, 6.45) is 7.31. The van der Waals surface area contributed by atoms with Gasteiger partial charge in [0.15, 0.2) is 5.58 Å². The largest absolute Gasteiger partial charge is 0.462 e. The minimum Gasteiger partial charge on any atom is -0.462 e. The maximum Gasteiger partial charge on any atom is 0.234 e. The van der Waals surface area contributed by atoms with E-state index in [-0.39, 0.29) is 11.8 Å². The van der Waals surface area contributed by atoms with Gasteiger partial charge in [0.05, 0.1) is 17.3 Å². The van der Waals surface area contributed by atoms with Crippen molar-refractivity contribution in [2.75, 3.05) is 0 Å². The van der Waals surface area contributed by atoms with Gasteiger partial charge in [-0.1, -0.05) is 31.4 Å².